The van der Waals surface area contributed by atoms with Crippen molar-refractivity contribution < 1.29 is 4.39 Å². The predicted octanol–water partition coefficient (Wildman–Crippen LogP) is 4.52. The Bertz CT molecular complexity index is 1150. The summed E-state index contributed by atoms with van der Waals surface area (Å²) in [5.41, 5.74) is 1.94. The first-order valence-corrected chi connectivity index (χ1v) is 11.8. The van der Waals surface area contributed by atoms with Crippen molar-refractivity contribution in [3.8, 4) is 11.4 Å². The molecule has 4 aromatic rings. The van der Waals surface area contributed by atoms with Crippen LogP contribution in [0.1, 0.15) is 11.3 Å². The van der Waals surface area contributed by atoms with Crippen LogP contribution in [0.2, 0.25) is 0 Å². The molecule has 0 unspecified atom stereocenters. The molecular weight excluding hydrogens is 514 g/mol. The molecule has 0 saturated carbocycles. The molecule has 1 aromatic carbocycles. The van der Waals surface area contributed by atoms with E-state index in [1.54, 1.807) is 23.6 Å². The van der Waals surface area contributed by atoms with E-state index < -0.39 is 0 Å². The Morgan fingerprint density at radius 2 is 2.20 bits per heavy atom. The van der Waals surface area contributed by atoms with Crippen LogP contribution in [-0.2, 0) is 13.1 Å². The highest BCUT2D eigenvalue weighted by Gasteiger charge is 2.23. The number of aromatic nitrogens is 4. The number of hydrogen-bond acceptors (Lipinski definition) is 6. The van der Waals surface area contributed by atoms with E-state index in [1.807, 2.05) is 17.5 Å². The SMILES string of the molecule is Fc1cccc(I)c1-c1nc2cnc(NCc3cccs3)nc2n1C[C@H]1CCNC1. The zero-order chi connectivity index (χ0) is 20.5. The van der Waals surface area contributed by atoms with Crippen molar-refractivity contribution >= 4 is 51.0 Å². The number of nitrogens with zero attached hydrogens (tertiary/aromatic N) is 4. The van der Waals surface area contributed by atoms with Gasteiger partial charge in [-0.25, -0.2) is 14.4 Å². The van der Waals surface area contributed by atoms with E-state index in [-0.39, 0.29) is 5.82 Å². The van der Waals surface area contributed by atoms with Gasteiger partial charge in [0.05, 0.1) is 18.3 Å². The maximum atomic E-state index is 14.8. The van der Waals surface area contributed by atoms with E-state index >= 15 is 0 Å². The molecule has 5 rings (SSSR count). The summed E-state index contributed by atoms with van der Waals surface area (Å²) < 4.78 is 17.7. The van der Waals surface area contributed by atoms with E-state index in [0.29, 0.717) is 35.3 Å². The summed E-state index contributed by atoms with van der Waals surface area (Å²) in [5, 5.41) is 8.75. The lowest BCUT2D eigenvalue weighted by atomic mass is 10.1. The zero-order valence-electron chi connectivity index (χ0n) is 16.1. The van der Waals surface area contributed by atoms with Crippen molar-refractivity contribution in [2.45, 2.75) is 19.5 Å². The van der Waals surface area contributed by atoms with Crippen LogP contribution in [0, 0.1) is 15.3 Å². The number of fused-ring (bicyclic) bond motifs is 1. The van der Waals surface area contributed by atoms with Crippen LogP contribution in [0.15, 0.2) is 41.9 Å². The van der Waals surface area contributed by atoms with Gasteiger partial charge in [-0.3, -0.25) is 0 Å². The van der Waals surface area contributed by atoms with Gasteiger partial charge in [0.15, 0.2) is 5.65 Å². The maximum absolute atomic E-state index is 14.8. The summed E-state index contributed by atoms with van der Waals surface area (Å²) in [4.78, 5) is 15.1. The third kappa shape index (κ3) is 3.93. The third-order valence-electron chi connectivity index (χ3n) is 5.28. The van der Waals surface area contributed by atoms with Gasteiger partial charge in [-0.1, -0.05) is 12.1 Å². The van der Waals surface area contributed by atoms with E-state index in [9.17, 15) is 4.39 Å². The number of thiophene rings is 1. The fraction of sp³-hybridized carbons (Fsp3) is 0.286. The van der Waals surface area contributed by atoms with Crippen LogP contribution in [0.25, 0.3) is 22.6 Å². The Labute approximate surface area is 191 Å². The average molecular weight is 534 g/mol. The fourth-order valence-corrected chi connectivity index (χ4v) is 5.14. The standard InChI is InChI=1S/C21H20FIN6S/c22-15-4-1-5-16(23)18(15)20-27-17-11-26-21(25-10-14-3-2-8-30-14)28-19(17)29(20)12-13-6-7-24-9-13/h1-5,8,11,13,24H,6-7,9-10,12H2,(H,25,26,28)/t13-/m0/s1. The van der Waals surface area contributed by atoms with Crippen molar-refractivity contribution in [2.24, 2.45) is 5.92 Å². The lowest BCUT2D eigenvalue weighted by molar-refractivity contribution is 0.489. The Morgan fingerprint density at radius 1 is 1.27 bits per heavy atom. The summed E-state index contributed by atoms with van der Waals surface area (Å²) in [5.74, 6) is 1.36. The smallest absolute Gasteiger partial charge is 0.225 e. The van der Waals surface area contributed by atoms with Crippen molar-refractivity contribution in [1.82, 2.24) is 24.8 Å². The number of halogens is 2. The minimum atomic E-state index is -0.271. The van der Waals surface area contributed by atoms with Crippen molar-refractivity contribution in [3.63, 3.8) is 0 Å². The second-order valence-corrected chi connectivity index (χ2v) is 9.53. The minimum Gasteiger partial charge on any atom is -0.349 e. The van der Waals surface area contributed by atoms with Gasteiger partial charge in [0.1, 0.15) is 17.2 Å². The first kappa shape index (κ1) is 19.8. The molecule has 1 fully saturated rings. The molecule has 9 heteroatoms. The summed E-state index contributed by atoms with van der Waals surface area (Å²) in [6, 6.07) is 9.21. The molecular formula is C21H20FIN6S. The summed E-state index contributed by atoms with van der Waals surface area (Å²) in [6.07, 6.45) is 2.81. The van der Waals surface area contributed by atoms with Crippen LogP contribution in [-0.4, -0.2) is 32.6 Å². The monoisotopic (exact) mass is 534 g/mol. The fourth-order valence-electron chi connectivity index (χ4n) is 3.79. The van der Waals surface area contributed by atoms with E-state index in [0.717, 1.165) is 35.3 Å². The Kier molecular flexibility index (Phi) is 5.66. The normalized spacial score (nSPS) is 16.4. The molecule has 154 valence electrons. The Morgan fingerprint density at radius 3 is 2.97 bits per heavy atom. The van der Waals surface area contributed by atoms with Crippen LogP contribution < -0.4 is 10.6 Å². The number of anilines is 1. The number of benzene rings is 1. The minimum absolute atomic E-state index is 0.271. The molecule has 1 atom stereocenters. The summed E-state index contributed by atoms with van der Waals surface area (Å²) in [6.45, 7) is 3.36. The highest BCUT2D eigenvalue weighted by Crippen LogP contribution is 2.31. The van der Waals surface area contributed by atoms with Crippen LogP contribution >= 0.6 is 33.9 Å². The second-order valence-electron chi connectivity index (χ2n) is 7.34. The highest BCUT2D eigenvalue weighted by molar-refractivity contribution is 14.1. The highest BCUT2D eigenvalue weighted by atomic mass is 127. The molecule has 3 aromatic heterocycles. The molecule has 0 spiro atoms. The molecule has 0 radical (unpaired) electrons. The van der Waals surface area contributed by atoms with Gasteiger partial charge in [-0.15, -0.1) is 11.3 Å². The maximum Gasteiger partial charge on any atom is 0.225 e. The molecule has 0 amide bonds. The molecule has 0 aliphatic carbocycles. The molecule has 1 aliphatic heterocycles. The largest absolute Gasteiger partial charge is 0.349 e. The van der Waals surface area contributed by atoms with Crippen LogP contribution in [0.4, 0.5) is 10.3 Å². The molecule has 1 saturated heterocycles. The van der Waals surface area contributed by atoms with Crippen molar-refractivity contribution in [1.29, 1.82) is 0 Å². The molecule has 1 aliphatic rings. The van der Waals surface area contributed by atoms with Gasteiger partial charge >= 0.3 is 0 Å². The second kappa shape index (κ2) is 8.56. The molecule has 0 bridgehead atoms. The van der Waals surface area contributed by atoms with Crippen molar-refractivity contribution in [3.05, 3.63) is 56.2 Å². The molecule has 30 heavy (non-hydrogen) atoms. The van der Waals surface area contributed by atoms with Gasteiger partial charge in [-0.2, -0.15) is 4.98 Å². The molecule has 6 nitrogen and oxygen atoms in total. The number of hydrogen-bond donors (Lipinski definition) is 2. The van der Waals surface area contributed by atoms with Gasteiger partial charge in [0.25, 0.3) is 0 Å². The first-order valence-electron chi connectivity index (χ1n) is 9.83. The van der Waals surface area contributed by atoms with E-state index in [2.05, 4.69) is 48.8 Å². The van der Waals surface area contributed by atoms with Gasteiger partial charge in [0.2, 0.25) is 5.95 Å². The quantitative estimate of drug-likeness (QED) is 0.356. The van der Waals surface area contributed by atoms with E-state index in [1.165, 1.54) is 10.9 Å². The Hall–Kier alpha value is -2.11. The average Bonchev–Trinajstić information content (AvgIpc) is 3.49. The summed E-state index contributed by atoms with van der Waals surface area (Å²) >= 11 is 3.86. The van der Waals surface area contributed by atoms with Crippen LogP contribution in [0.5, 0.6) is 0 Å². The van der Waals surface area contributed by atoms with Gasteiger partial charge in [0, 0.05) is 15.0 Å². The van der Waals surface area contributed by atoms with Crippen LogP contribution in [0.3, 0.4) is 0 Å². The first-order chi connectivity index (χ1) is 14.7. The van der Waals surface area contributed by atoms with Gasteiger partial charge < -0.3 is 15.2 Å². The third-order valence-corrected chi connectivity index (χ3v) is 7.05. The topological polar surface area (TPSA) is 67.7 Å². The number of imidazole rings is 1. The number of rotatable bonds is 6. The van der Waals surface area contributed by atoms with Gasteiger partial charge in [-0.05, 0) is 71.6 Å². The van der Waals surface area contributed by atoms with E-state index in [4.69, 9.17) is 9.97 Å². The lowest BCUT2D eigenvalue weighted by Gasteiger charge is -2.14. The Balaban J connectivity index is 1.58. The summed E-state index contributed by atoms with van der Waals surface area (Å²) in [7, 11) is 0. The number of nitrogens with one attached hydrogen (secondary N) is 2. The predicted molar refractivity (Wildman–Crippen MR) is 126 cm³/mol. The zero-order valence-corrected chi connectivity index (χ0v) is 19.1. The molecule has 4 heterocycles. The molecule has 2 N–H and O–H groups in total. The van der Waals surface area contributed by atoms with Crippen molar-refractivity contribution in [2.75, 3.05) is 18.4 Å². The lowest BCUT2D eigenvalue weighted by Crippen LogP contribution is -2.16.